The Morgan fingerprint density at radius 2 is 1.14 bits per heavy atom. The Labute approximate surface area is 88.4 Å². The molecule has 0 amide bonds. The highest BCUT2D eigenvalue weighted by Crippen LogP contribution is 1.95. The van der Waals surface area contributed by atoms with Gasteiger partial charge in [-0.3, -0.25) is 18.0 Å². The van der Waals surface area contributed by atoms with Crippen molar-refractivity contribution in [1.82, 2.24) is 0 Å². The summed E-state index contributed by atoms with van der Waals surface area (Å²) in [5.41, 5.74) is 0. The lowest BCUT2D eigenvalue weighted by Crippen LogP contribution is -2.14. The van der Waals surface area contributed by atoms with Gasteiger partial charge in [0.2, 0.25) is 0 Å². The number of rotatable bonds is 7. The Morgan fingerprint density at radius 1 is 0.857 bits per heavy atom. The SMILES string of the molecule is CS(=O)CC(=O)CCC(=O)CS(C)=O. The van der Waals surface area contributed by atoms with E-state index in [0.717, 1.165) is 0 Å². The molecule has 4 nitrogen and oxygen atoms in total. The van der Waals surface area contributed by atoms with Crippen LogP contribution in [0, 0.1) is 0 Å². The Hall–Kier alpha value is -0.360. The third-order valence-corrected chi connectivity index (χ3v) is 2.87. The summed E-state index contributed by atoms with van der Waals surface area (Å²) in [5, 5.41) is 0. The summed E-state index contributed by atoms with van der Waals surface area (Å²) in [6.45, 7) is 0. The fourth-order valence-electron chi connectivity index (χ4n) is 0.877. The van der Waals surface area contributed by atoms with Gasteiger partial charge in [0.05, 0.1) is 11.5 Å². The van der Waals surface area contributed by atoms with Gasteiger partial charge in [0.1, 0.15) is 11.6 Å². The molecule has 0 aliphatic rings. The number of hydrogen-bond donors (Lipinski definition) is 0. The van der Waals surface area contributed by atoms with Gasteiger partial charge in [0.25, 0.3) is 0 Å². The van der Waals surface area contributed by atoms with Crippen LogP contribution in [0.1, 0.15) is 12.8 Å². The van der Waals surface area contributed by atoms with Gasteiger partial charge in [-0.1, -0.05) is 0 Å². The molecule has 2 unspecified atom stereocenters. The van der Waals surface area contributed by atoms with Crippen LogP contribution >= 0.6 is 0 Å². The summed E-state index contributed by atoms with van der Waals surface area (Å²) >= 11 is 0. The van der Waals surface area contributed by atoms with Crippen molar-refractivity contribution in [3.63, 3.8) is 0 Å². The maximum atomic E-state index is 11.0. The van der Waals surface area contributed by atoms with Crippen LogP contribution in [0.2, 0.25) is 0 Å². The molecule has 2 atom stereocenters. The van der Waals surface area contributed by atoms with Crippen LogP contribution in [0.5, 0.6) is 0 Å². The molecular formula is C8H14O4S2. The van der Waals surface area contributed by atoms with E-state index in [2.05, 4.69) is 0 Å². The fourth-order valence-corrected chi connectivity index (χ4v) is 2.07. The van der Waals surface area contributed by atoms with Crippen molar-refractivity contribution in [2.75, 3.05) is 24.0 Å². The molecule has 14 heavy (non-hydrogen) atoms. The third kappa shape index (κ3) is 8.25. The summed E-state index contributed by atoms with van der Waals surface area (Å²) in [5.74, 6) is -0.354. The van der Waals surface area contributed by atoms with Gasteiger partial charge in [-0.05, 0) is 0 Å². The molecule has 0 spiro atoms. The van der Waals surface area contributed by atoms with Crippen LogP contribution in [0.4, 0.5) is 0 Å². The molecule has 82 valence electrons. The molecule has 0 fully saturated rings. The first-order valence-corrected chi connectivity index (χ1v) is 7.50. The number of carbonyl (C=O) groups excluding carboxylic acids is 2. The quantitative estimate of drug-likeness (QED) is 0.608. The molecule has 0 heterocycles. The van der Waals surface area contributed by atoms with Crippen molar-refractivity contribution in [3.05, 3.63) is 0 Å². The van der Waals surface area contributed by atoms with Gasteiger partial charge in [-0.2, -0.15) is 0 Å². The van der Waals surface area contributed by atoms with Gasteiger partial charge in [0, 0.05) is 47.0 Å². The van der Waals surface area contributed by atoms with E-state index in [-0.39, 0.29) is 35.9 Å². The van der Waals surface area contributed by atoms with Gasteiger partial charge < -0.3 is 0 Å². The van der Waals surface area contributed by atoms with E-state index in [1.807, 2.05) is 0 Å². The molecule has 0 aliphatic carbocycles. The molecule has 0 aliphatic heterocycles. The zero-order chi connectivity index (χ0) is 11.1. The minimum Gasteiger partial charge on any atom is -0.299 e. The molecule has 0 radical (unpaired) electrons. The van der Waals surface area contributed by atoms with Crippen molar-refractivity contribution in [2.45, 2.75) is 12.8 Å². The first-order chi connectivity index (χ1) is 6.41. The van der Waals surface area contributed by atoms with Crippen molar-refractivity contribution in [2.24, 2.45) is 0 Å². The van der Waals surface area contributed by atoms with Gasteiger partial charge >= 0.3 is 0 Å². The molecular weight excluding hydrogens is 224 g/mol. The summed E-state index contributed by atoms with van der Waals surface area (Å²) in [6, 6.07) is 0. The zero-order valence-corrected chi connectivity index (χ0v) is 9.91. The molecule has 0 rings (SSSR count). The Kier molecular flexibility index (Phi) is 6.82. The molecule has 0 saturated heterocycles. The summed E-state index contributed by atoms with van der Waals surface area (Å²) < 4.78 is 21.3. The lowest BCUT2D eigenvalue weighted by molar-refractivity contribution is -0.121. The normalized spacial score (nSPS) is 14.7. The maximum absolute atomic E-state index is 11.0. The fraction of sp³-hybridized carbons (Fsp3) is 0.750. The zero-order valence-electron chi connectivity index (χ0n) is 8.28. The Balaban J connectivity index is 3.72. The van der Waals surface area contributed by atoms with E-state index in [1.54, 1.807) is 0 Å². The standard InChI is InChI=1S/C8H14O4S2/c1-13(11)5-7(9)3-4-8(10)6-14(2)12/h3-6H2,1-2H3. The van der Waals surface area contributed by atoms with Gasteiger partial charge in [-0.25, -0.2) is 0 Å². The van der Waals surface area contributed by atoms with E-state index in [4.69, 9.17) is 0 Å². The highest BCUT2D eigenvalue weighted by Gasteiger charge is 2.09. The molecule has 0 aromatic rings. The number of hydrogen-bond acceptors (Lipinski definition) is 4. The Bertz CT molecular complexity index is 245. The first kappa shape index (κ1) is 13.6. The Morgan fingerprint density at radius 3 is 1.36 bits per heavy atom. The van der Waals surface area contributed by atoms with E-state index in [1.165, 1.54) is 12.5 Å². The van der Waals surface area contributed by atoms with Gasteiger partial charge in [0.15, 0.2) is 0 Å². The second-order valence-electron chi connectivity index (χ2n) is 3.01. The highest BCUT2D eigenvalue weighted by atomic mass is 32.2. The second kappa shape index (κ2) is 7.00. The smallest absolute Gasteiger partial charge is 0.145 e. The molecule has 0 bridgehead atoms. The number of Topliss-reactive ketones (excluding diaryl/α,β-unsaturated/α-hetero) is 2. The summed E-state index contributed by atoms with van der Waals surface area (Å²) in [7, 11) is -2.28. The number of carbonyl (C=O) groups is 2. The molecule has 0 aromatic carbocycles. The average Bonchev–Trinajstić information content (AvgIpc) is 1.98. The first-order valence-electron chi connectivity index (χ1n) is 4.05. The topological polar surface area (TPSA) is 68.3 Å². The predicted octanol–water partition coefficient (Wildman–Crippen LogP) is -0.338. The van der Waals surface area contributed by atoms with E-state index < -0.39 is 21.6 Å². The molecule has 0 saturated carbocycles. The minimum atomic E-state index is -1.14. The minimum absolute atomic E-state index is 0.00247. The van der Waals surface area contributed by atoms with Gasteiger partial charge in [-0.15, -0.1) is 0 Å². The summed E-state index contributed by atoms with van der Waals surface area (Å²) in [6.07, 6.45) is 3.10. The van der Waals surface area contributed by atoms with Crippen LogP contribution in [-0.2, 0) is 31.2 Å². The summed E-state index contributed by atoms with van der Waals surface area (Å²) in [4.78, 5) is 22.0. The van der Waals surface area contributed by atoms with E-state index in [0.29, 0.717) is 0 Å². The van der Waals surface area contributed by atoms with Crippen LogP contribution in [0.25, 0.3) is 0 Å². The van der Waals surface area contributed by atoms with E-state index in [9.17, 15) is 18.0 Å². The number of ketones is 2. The van der Waals surface area contributed by atoms with Crippen LogP contribution in [0.15, 0.2) is 0 Å². The third-order valence-electron chi connectivity index (χ3n) is 1.41. The van der Waals surface area contributed by atoms with Crippen molar-refractivity contribution >= 4 is 33.2 Å². The lowest BCUT2D eigenvalue weighted by Gasteiger charge is -1.97. The highest BCUT2D eigenvalue weighted by molar-refractivity contribution is 7.85. The molecule has 0 N–H and O–H groups in total. The van der Waals surface area contributed by atoms with Crippen LogP contribution in [-0.4, -0.2) is 44.0 Å². The maximum Gasteiger partial charge on any atom is 0.145 e. The van der Waals surface area contributed by atoms with Crippen molar-refractivity contribution in [1.29, 1.82) is 0 Å². The van der Waals surface area contributed by atoms with E-state index >= 15 is 0 Å². The van der Waals surface area contributed by atoms with Crippen LogP contribution < -0.4 is 0 Å². The molecule has 6 heteroatoms. The monoisotopic (exact) mass is 238 g/mol. The van der Waals surface area contributed by atoms with Crippen LogP contribution in [0.3, 0.4) is 0 Å². The largest absolute Gasteiger partial charge is 0.299 e. The predicted molar refractivity (Wildman–Crippen MR) is 57.1 cm³/mol. The van der Waals surface area contributed by atoms with Crippen molar-refractivity contribution < 1.29 is 18.0 Å². The lowest BCUT2D eigenvalue weighted by atomic mass is 10.2. The average molecular weight is 238 g/mol. The molecule has 0 aromatic heterocycles. The van der Waals surface area contributed by atoms with Crippen molar-refractivity contribution in [3.8, 4) is 0 Å². The second-order valence-corrected chi connectivity index (χ2v) is 5.88.